The summed E-state index contributed by atoms with van der Waals surface area (Å²) in [4.78, 5) is 4.01. The monoisotopic (exact) mass is 293 g/mol. The molecule has 106 valence electrons. The van der Waals surface area contributed by atoms with Gasteiger partial charge in [0.15, 0.2) is 5.03 Å². The zero-order valence-corrected chi connectivity index (χ0v) is 11.5. The van der Waals surface area contributed by atoms with Crippen LogP contribution in [0, 0.1) is 0 Å². The molecular weight excluding hydrogens is 278 g/mol. The van der Waals surface area contributed by atoms with Gasteiger partial charge in [-0.3, -0.25) is 9.82 Å². The predicted octanol–water partition coefficient (Wildman–Crippen LogP) is 0.857. The van der Waals surface area contributed by atoms with Crippen molar-refractivity contribution in [2.45, 2.75) is 30.5 Å². The van der Waals surface area contributed by atoms with Gasteiger partial charge < -0.3 is 5.32 Å². The molecule has 2 aromatic rings. The summed E-state index contributed by atoms with van der Waals surface area (Å²) in [6.45, 7) is 0.715. The Kier molecular flexibility index (Phi) is 3.41. The van der Waals surface area contributed by atoms with Gasteiger partial charge in [0.05, 0.1) is 11.9 Å². The average molecular weight is 293 g/mol. The molecule has 0 unspecified atom stereocenters. The molecule has 0 aromatic carbocycles. The molecule has 1 saturated carbocycles. The van der Waals surface area contributed by atoms with Crippen LogP contribution in [0.15, 0.2) is 35.7 Å². The van der Waals surface area contributed by atoms with Crippen LogP contribution in [0.4, 0.5) is 5.69 Å². The highest BCUT2D eigenvalue weighted by molar-refractivity contribution is 7.92. The van der Waals surface area contributed by atoms with Crippen LogP contribution < -0.4 is 10.0 Å². The fourth-order valence-corrected chi connectivity index (χ4v) is 2.70. The molecule has 0 bridgehead atoms. The van der Waals surface area contributed by atoms with E-state index in [2.05, 4.69) is 25.2 Å². The second-order valence-corrected chi connectivity index (χ2v) is 6.38. The van der Waals surface area contributed by atoms with Gasteiger partial charge in [0.2, 0.25) is 0 Å². The maximum absolute atomic E-state index is 12.1. The largest absolute Gasteiger partial charge is 0.310 e. The van der Waals surface area contributed by atoms with Crippen molar-refractivity contribution in [1.82, 2.24) is 20.5 Å². The Bertz CT molecular complexity index is 662. The maximum atomic E-state index is 12.1. The Hall–Kier alpha value is -1.93. The van der Waals surface area contributed by atoms with E-state index in [0.717, 1.165) is 5.56 Å². The van der Waals surface area contributed by atoms with Crippen molar-refractivity contribution in [3.63, 3.8) is 0 Å². The predicted molar refractivity (Wildman–Crippen MR) is 73.5 cm³/mol. The number of aromatic amines is 1. The third-order valence-electron chi connectivity index (χ3n) is 3.00. The summed E-state index contributed by atoms with van der Waals surface area (Å²) in [5, 5.41) is 9.57. The lowest BCUT2D eigenvalue weighted by Crippen LogP contribution is -2.17. The Morgan fingerprint density at radius 1 is 1.30 bits per heavy atom. The number of H-pyrrole nitrogens is 1. The van der Waals surface area contributed by atoms with Crippen LogP contribution in [0.3, 0.4) is 0 Å². The zero-order valence-electron chi connectivity index (χ0n) is 10.7. The molecule has 2 heterocycles. The maximum Gasteiger partial charge on any atom is 0.279 e. The molecule has 0 amide bonds. The van der Waals surface area contributed by atoms with Gasteiger partial charge in [0.1, 0.15) is 0 Å². The SMILES string of the molecule is O=S(=O)(Nc1cn[nH]c1)c1ccc(CNC2CC2)cn1. The van der Waals surface area contributed by atoms with Gasteiger partial charge in [-0.2, -0.15) is 13.5 Å². The second-order valence-electron chi connectivity index (χ2n) is 4.75. The van der Waals surface area contributed by atoms with Crippen LogP contribution in [0.5, 0.6) is 0 Å². The number of pyridine rings is 1. The van der Waals surface area contributed by atoms with E-state index in [-0.39, 0.29) is 5.03 Å². The lowest BCUT2D eigenvalue weighted by atomic mass is 10.3. The number of nitrogens with zero attached hydrogens (tertiary/aromatic N) is 2. The topological polar surface area (TPSA) is 99.8 Å². The van der Waals surface area contributed by atoms with Crippen LogP contribution in [0.2, 0.25) is 0 Å². The smallest absolute Gasteiger partial charge is 0.279 e. The minimum atomic E-state index is -3.66. The lowest BCUT2D eigenvalue weighted by Gasteiger charge is -2.06. The van der Waals surface area contributed by atoms with E-state index in [1.807, 2.05) is 0 Å². The van der Waals surface area contributed by atoms with E-state index < -0.39 is 10.0 Å². The van der Waals surface area contributed by atoms with Crippen LogP contribution in [-0.4, -0.2) is 29.6 Å². The summed E-state index contributed by atoms with van der Waals surface area (Å²) < 4.78 is 26.5. The van der Waals surface area contributed by atoms with Crippen molar-refractivity contribution in [3.05, 3.63) is 36.3 Å². The van der Waals surface area contributed by atoms with E-state index in [4.69, 9.17) is 0 Å². The minimum absolute atomic E-state index is 0.00567. The molecule has 0 saturated heterocycles. The van der Waals surface area contributed by atoms with Gasteiger partial charge in [-0.15, -0.1) is 0 Å². The van der Waals surface area contributed by atoms with Crippen LogP contribution in [0.25, 0.3) is 0 Å². The first-order valence-electron chi connectivity index (χ1n) is 6.33. The van der Waals surface area contributed by atoms with Crippen molar-refractivity contribution in [2.24, 2.45) is 0 Å². The molecule has 2 aromatic heterocycles. The van der Waals surface area contributed by atoms with E-state index >= 15 is 0 Å². The van der Waals surface area contributed by atoms with E-state index in [1.165, 1.54) is 31.3 Å². The van der Waals surface area contributed by atoms with E-state index in [1.54, 1.807) is 12.3 Å². The van der Waals surface area contributed by atoms with Gasteiger partial charge in [0.25, 0.3) is 10.0 Å². The lowest BCUT2D eigenvalue weighted by molar-refractivity contribution is 0.597. The molecule has 0 spiro atoms. The molecule has 3 rings (SSSR count). The number of nitrogens with one attached hydrogen (secondary N) is 3. The second kappa shape index (κ2) is 5.22. The van der Waals surface area contributed by atoms with Crippen molar-refractivity contribution < 1.29 is 8.42 Å². The molecule has 7 nitrogen and oxygen atoms in total. The first kappa shape index (κ1) is 13.1. The number of hydrogen-bond donors (Lipinski definition) is 3. The first-order valence-corrected chi connectivity index (χ1v) is 7.82. The Morgan fingerprint density at radius 3 is 2.75 bits per heavy atom. The van der Waals surface area contributed by atoms with Crippen LogP contribution in [-0.2, 0) is 16.6 Å². The molecule has 20 heavy (non-hydrogen) atoms. The number of hydrogen-bond acceptors (Lipinski definition) is 5. The van der Waals surface area contributed by atoms with Crippen molar-refractivity contribution in [1.29, 1.82) is 0 Å². The Labute approximate surface area is 116 Å². The molecule has 0 radical (unpaired) electrons. The molecule has 1 aliphatic carbocycles. The summed E-state index contributed by atoms with van der Waals surface area (Å²) in [6, 6.07) is 3.89. The molecule has 0 atom stereocenters. The molecule has 8 heteroatoms. The minimum Gasteiger partial charge on any atom is -0.310 e. The summed E-state index contributed by atoms with van der Waals surface area (Å²) in [5.41, 5.74) is 1.35. The van der Waals surface area contributed by atoms with Gasteiger partial charge in [-0.25, -0.2) is 4.98 Å². The normalized spacial score (nSPS) is 15.2. The van der Waals surface area contributed by atoms with Gasteiger partial charge >= 0.3 is 0 Å². The molecule has 0 aliphatic heterocycles. The quantitative estimate of drug-likeness (QED) is 0.733. The number of aromatic nitrogens is 3. The van der Waals surface area contributed by atoms with E-state index in [0.29, 0.717) is 18.3 Å². The summed E-state index contributed by atoms with van der Waals surface area (Å²) in [6.07, 6.45) is 6.87. The third kappa shape index (κ3) is 3.14. The standard InChI is InChI=1S/C12H15N5O2S/c18-20(19,17-11-7-15-16-8-11)12-4-1-9(6-14-12)5-13-10-2-3-10/h1,4,6-8,10,13,17H,2-3,5H2,(H,15,16). The van der Waals surface area contributed by atoms with Gasteiger partial charge in [-0.05, 0) is 24.5 Å². The van der Waals surface area contributed by atoms with Crippen LogP contribution >= 0.6 is 0 Å². The zero-order chi connectivity index (χ0) is 14.0. The summed E-state index contributed by atoms with van der Waals surface area (Å²) >= 11 is 0. The van der Waals surface area contributed by atoms with Crippen molar-refractivity contribution in [2.75, 3.05) is 4.72 Å². The van der Waals surface area contributed by atoms with Crippen LogP contribution in [0.1, 0.15) is 18.4 Å². The highest BCUT2D eigenvalue weighted by Gasteiger charge is 2.20. The molecule has 1 fully saturated rings. The molecule has 1 aliphatic rings. The molecule has 3 N–H and O–H groups in total. The number of anilines is 1. The fourth-order valence-electron chi connectivity index (χ4n) is 1.74. The first-order chi connectivity index (χ1) is 9.63. The fraction of sp³-hybridized carbons (Fsp3) is 0.333. The highest BCUT2D eigenvalue weighted by atomic mass is 32.2. The van der Waals surface area contributed by atoms with E-state index in [9.17, 15) is 8.42 Å². The van der Waals surface area contributed by atoms with Crippen molar-refractivity contribution >= 4 is 15.7 Å². The van der Waals surface area contributed by atoms with Crippen molar-refractivity contribution in [3.8, 4) is 0 Å². The third-order valence-corrected chi connectivity index (χ3v) is 4.29. The number of rotatable bonds is 6. The number of sulfonamides is 1. The Balaban J connectivity index is 1.69. The van der Waals surface area contributed by atoms with Gasteiger partial charge in [-0.1, -0.05) is 6.07 Å². The average Bonchev–Trinajstić information content (AvgIpc) is 3.14. The summed E-state index contributed by atoms with van der Waals surface area (Å²) in [5.74, 6) is 0. The van der Waals surface area contributed by atoms with Gasteiger partial charge in [0, 0.05) is 25.0 Å². The summed E-state index contributed by atoms with van der Waals surface area (Å²) in [7, 11) is -3.66. The Morgan fingerprint density at radius 2 is 2.15 bits per heavy atom. The highest BCUT2D eigenvalue weighted by Crippen LogP contribution is 2.19. The molecular formula is C12H15N5O2S.